The van der Waals surface area contributed by atoms with Crippen LogP contribution < -0.4 is 20.1 Å². The van der Waals surface area contributed by atoms with Crippen LogP contribution in [-0.4, -0.2) is 60.9 Å². The average Bonchev–Trinajstić information content (AvgIpc) is 3.66. The molecule has 0 saturated carbocycles. The van der Waals surface area contributed by atoms with Crippen molar-refractivity contribution >= 4 is 33.7 Å². The molecule has 13 heteroatoms. The number of rotatable bonds is 8. The third-order valence-electron chi connectivity index (χ3n) is 8.85. The molecule has 1 fully saturated rings. The number of fused-ring (bicyclic) bond motifs is 2. The Morgan fingerprint density at radius 1 is 1.11 bits per heavy atom. The lowest BCUT2D eigenvalue weighted by Gasteiger charge is -2.34. The maximum atomic E-state index is 13.5. The van der Waals surface area contributed by atoms with E-state index in [9.17, 15) is 18.0 Å². The second kappa shape index (κ2) is 12.2. The molecular weight excluding hydrogens is 618 g/mol. The molecule has 0 spiro atoms. The normalized spacial score (nSPS) is 21.4. The molecule has 2 amide bonds. The molecule has 0 bridgehead atoms. The van der Waals surface area contributed by atoms with Crippen molar-refractivity contribution in [2.75, 3.05) is 26.0 Å². The smallest absolute Gasteiger partial charge is 0.320 e. The summed E-state index contributed by atoms with van der Waals surface area (Å²) in [6.07, 6.45) is 7.48. The number of nitrogens with zero attached hydrogens (tertiary/aromatic N) is 4. The average molecular weight is 658 g/mol. The van der Waals surface area contributed by atoms with E-state index in [1.807, 2.05) is 55.6 Å². The Morgan fingerprint density at radius 2 is 1.89 bits per heavy atom. The number of ether oxygens (including phenoxy) is 1. The first-order chi connectivity index (χ1) is 22.3. The molecule has 12 nitrogen and oxygen atoms in total. The molecule has 1 saturated heterocycles. The van der Waals surface area contributed by atoms with Crippen LogP contribution in [0.4, 0.5) is 10.5 Å². The number of aldehydes is 1. The number of nitrogens with one attached hydrogen (secondary N) is 3. The van der Waals surface area contributed by atoms with Crippen LogP contribution in [0.25, 0.3) is 5.65 Å². The summed E-state index contributed by atoms with van der Waals surface area (Å²) in [6.45, 7) is 6.85. The maximum absolute atomic E-state index is 13.5. The molecule has 1 aliphatic carbocycles. The Morgan fingerprint density at radius 3 is 2.60 bits per heavy atom. The van der Waals surface area contributed by atoms with Gasteiger partial charge < -0.3 is 15.4 Å². The van der Waals surface area contributed by atoms with E-state index in [4.69, 9.17) is 4.74 Å². The molecule has 2 aromatic heterocycles. The molecule has 0 unspecified atom stereocenters. The number of sulfonamides is 1. The molecule has 6 rings (SSSR count). The van der Waals surface area contributed by atoms with Gasteiger partial charge in [-0.1, -0.05) is 45.0 Å². The van der Waals surface area contributed by atoms with E-state index in [0.29, 0.717) is 28.7 Å². The monoisotopic (exact) mass is 657 g/mol. The van der Waals surface area contributed by atoms with Crippen LogP contribution in [0.2, 0.25) is 0 Å². The number of benzene rings is 2. The second-order valence-electron chi connectivity index (χ2n) is 13.0. The van der Waals surface area contributed by atoms with Crippen molar-refractivity contribution in [2.24, 2.45) is 0 Å². The number of hydrogen-bond acceptors (Lipinski definition) is 8. The topological polar surface area (TPSA) is 147 Å². The summed E-state index contributed by atoms with van der Waals surface area (Å²) >= 11 is 0. The largest absolute Gasteiger partial charge is 0.480 e. The number of pyridine rings is 1. The standard InChI is InChI=1S/C34H39N7O5S/c1-33(2,3)22-17-23(19-25(18-22)47(44,45)35-4)36-32(43)37-34(21-42)15-14-29(26-9-6-7-10-27(26)34)46-24-12-13-30-38-39-31(41(30)20-24)28-11-8-16-40(28)5/h6-7,9-10,12-15,17-21,28-29,35H,8,11,16H2,1-5H3,(H2,36,37,43)/t28-,29+,34+/m0/s1. The second-order valence-corrected chi connectivity index (χ2v) is 14.9. The first kappa shape index (κ1) is 32.4. The molecule has 3 N–H and O–H groups in total. The fourth-order valence-electron chi connectivity index (χ4n) is 6.19. The highest BCUT2D eigenvalue weighted by Gasteiger charge is 2.38. The molecule has 2 aliphatic rings. The van der Waals surface area contributed by atoms with Gasteiger partial charge in [0.25, 0.3) is 0 Å². The maximum Gasteiger partial charge on any atom is 0.320 e. The van der Waals surface area contributed by atoms with Crippen molar-refractivity contribution in [3.8, 4) is 5.75 Å². The third kappa shape index (κ3) is 6.25. The number of carbonyl (C=O) groups is 2. The van der Waals surface area contributed by atoms with Crippen LogP contribution in [0.1, 0.15) is 68.3 Å². The van der Waals surface area contributed by atoms with E-state index in [-0.39, 0.29) is 16.6 Å². The van der Waals surface area contributed by atoms with Gasteiger partial charge in [0.2, 0.25) is 10.0 Å². The van der Waals surface area contributed by atoms with Crippen molar-refractivity contribution < 1.29 is 22.7 Å². The van der Waals surface area contributed by atoms with Crippen molar-refractivity contribution in [3.05, 3.63) is 95.5 Å². The quantitative estimate of drug-likeness (QED) is 0.184. The summed E-state index contributed by atoms with van der Waals surface area (Å²) in [5, 5.41) is 14.4. The molecule has 47 heavy (non-hydrogen) atoms. The van der Waals surface area contributed by atoms with E-state index >= 15 is 0 Å². The predicted octanol–water partition coefficient (Wildman–Crippen LogP) is 4.61. The van der Waals surface area contributed by atoms with Crippen molar-refractivity contribution in [2.45, 2.75) is 61.6 Å². The van der Waals surface area contributed by atoms with Gasteiger partial charge in [-0.2, -0.15) is 0 Å². The Bertz CT molecular complexity index is 1980. The van der Waals surface area contributed by atoms with Crippen LogP contribution in [0, 0.1) is 0 Å². The van der Waals surface area contributed by atoms with Crippen LogP contribution in [0.15, 0.2) is 77.8 Å². The highest BCUT2D eigenvalue weighted by Crippen LogP contribution is 2.38. The lowest BCUT2D eigenvalue weighted by molar-refractivity contribution is -0.111. The van der Waals surface area contributed by atoms with Gasteiger partial charge in [-0.25, -0.2) is 17.9 Å². The Balaban J connectivity index is 1.27. The van der Waals surface area contributed by atoms with Gasteiger partial charge in [-0.3, -0.25) is 14.1 Å². The fourth-order valence-corrected chi connectivity index (χ4v) is 6.99. The van der Waals surface area contributed by atoms with Crippen molar-refractivity contribution in [3.63, 3.8) is 0 Å². The number of amides is 2. The summed E-state index contributed by atoms with van der Waals surface area (Å²) in [4.78, 5) is 28.5. The Labute approximate surface area is 274 Å². The molecule has 0 radical (unpaired) electrons. The summed E-state index contributed by atoms with van der Waals surface area (Å²) in [6, 6.07) is 15.2. The summed E-state index contributed by atoms with van der Waals surface area (Å²) in [5.41, 5.74) is 1.07. The minimum absolute atomic E-state index is 0.0165. The lowest BCUT2D eigenvalue weighted by Crippen LogP contribution is -2.49. The minimum Gasteiger partial charge on any atom is -0.480 e. The summed E-state index contributed by atoms with van der Waals surface area (Å²) in [5.74, 6) is 1.46. The summed E-state index contributed by atoms with van der Waals surface area (Å²) < 4.78 is 36.1. The predicted molar refractivity (Wildman–Crippen MR) is 178 cm³/mol. The van der Waals surface area contributed by atoms with Crippen LogP contribution in [-0.2, 0) is 25.8 Å². The van der Waals surface area contributed by atoms with Gasteiger partial charge in [-0.15, -0.1) is 10.2 Å². The highest BCUT2D eigenvalue weighted by atomic mass is 32.2. The number of likely N-dealkylation sites (tertiary alicyclic amines) is 1. The van der Waals surface area contributed by atoms with Crippen molar-refractivity contribution in [1.29, 1.82) is 0 Å². The van der Waals surface area contributed by atoms with Crippen LogP contribution >= 0.6 is 0 Å². The van der Waals surface area contributed by atoms with E-state index in [1.165, 1.54) is 13.1 Å². The van der Waals surface area contributed by atoms with Gasteiger partial charge in [-0.05, 0) is 92.5 Å². The van der Waals surface area contributed by atoms with Gasteiger partial charge in [0.15, 0.2) is 17.8 Å². The van der Waals surface area contributed by atoms with E-state index in [0.717, 1.165) is 30.9 Å². The minimum atomic E-state index is -3.79. The molecule has 246 valence electrons. The summed E-state index contributed by atoms with van der Waals surface area (Å²) in [7, 11) is -0.369. The molecule has 4 aromatic rings. The van der Waals surface area contributed by atoms with E-state index in [1.54, 1.807) is 36.4 Å². The van der Waals surface area contributed by atoms with Gasteiger partial charge >= 0.3 is 6.03 Å². The van der Waals surface area contributed by atoms with Crippen LogP contribution in [0.5, 0.6) is 5.75 Å². The SMILES string of the molecule is CNS(=O)(=O)c1cc(NC(=O)N[C@@]2(C=O)C=C[C@@H](Oc3ccc4nnc([C@@H]5CCCN5C)n4c3)c3ccccc32)cc(C(C)(C)C)c1. The van der Waals surface area contributed by atoms with E-state index < -0.39 is 33.1 Å². The van der Waals surface area contributed by atoms with Gasteiger partial charge in [0.05, 0.1) is 17.1 Å². The number of aromatic nitrogens is 3. The third-order valence-corrected chi connectivity index (χ3v) is 10.2. The van der Waals surface area contributed by atoms with Crippen LogP contribution in [0.3, 0.4) is 0 Å². The zero-order chi connectivity index (χ0) is 33.6. The zero-order valence-corrected chi connectivity index (χ0v) is 27.8. The van der Waals surface area contributed by atoms with Crippen molar-refractivity contribution in [1.82, 2.24) is 29.5 Å². The fraction of sp³-hybridized carbons (Fsp3) is 0.353. The Hall–Kier alpha value is -4.59. The highest BCUT2D eigenvalue weighted by molar-refractivity contribution is 7.89. The molecule has 3 heterocycles. The number of anilines is 1. The molecular formula is C34H39N7O5S. The number of urea groups is 1. The lowest BCUT2D eigenvalue weighted by atomic mass is 9.81. The van der Waals surface area contributed by atoms with Gasteiger partial charge in [0.1, 0.15) is 17.4 Å². The molecule has 1 aliphatic heterocycles. The number of hydrogen-bond donors (Lipinski definition) is 3. The first-order valence-corrected chi connectivity index (χ1v) is 17.0. The molecule has 3 atom stereocenters. The molecule has 2 aromatic carbocycles. The van der Waals surface area contributed by atoms with Gasteiger partial charge in [0, 0.05) is 11.3 Å². The van der Waals surface area contributed by atoms with E-state index in [2.05, 4.69) is 37.5 Å². The first-order valence-electron chi connectivity index (χ1n) is 15.5. The Kier molecular flexibility index (Phi) is 8.41. The number of carbonyl (C=O) groups excluding carboxylic acids is 2. The zero-order valence-electron chi connectivity index (χ0n) is 27.0.